The van der Waals surface area contributed by atoms with Crippen LogP contribution in [0, 0.1) is 17.7 Å². The van der Waals surface area contributed by atoms with Crippen molar-refractivity contribution in [1.29, 1.82) is 0 Å². The lowest BCUT2D eigenvalue weighted by Gasteiger charge is -2.34. The lowest BCUT2D eigenvalue weighted by molar-refractivity contribution is 0.102. The van der Waals surface area contributed by atoms with Crippen molar-refractivity contribution in [3.8, 4) is 0 Å². The molecule has 0 saturated carbocycles. The summed E-state index contributed by atoms with van der Waals surface area (Å²) in [7, 11) is 0. The SMILES string of the molecule is C[C@H]1C[C@H](C)CN(Cc2csc(NC(=O)c3ccc(Br)cc3F)n2)C1. The van der Waals surface area contributed by atoms with E-state index in [0.29, 0.717) is 21.4 Å². The standard InChI is InChI=1S/C18H21BrFN3OS/c1-11-5-12(2)8-23(7-11)9-14-10-25-18(21-14)22-17(24)15-4-3-13(19)6-16(15)20/h3-4,6,10-12H,5,7-9H2,1-2H3,(H,21,22,24)/t11-,12-/m0/s1. The molecule has 25 heavy (non-hydrogen) atoms. The van der Waals surface area contributed by atoms with Gasteiger partial charge in [-0.25, -0.2) is 9.37 Å². The minimum atomic E-state index is -0.556. The topological polar surface area (TPSA) is 45.2 Å². The van der Waals surface area contributed by atoms with E-state index in [4.69, 9.17) is 0 Å². The van der Waals surface area contributed by atoms with Gasteiger partial charge in [-0.3, -0.25) is 15.0 Å². The average molecular weight is 426 g/mol. The van der Waals surface area contributed by atoms with Crippen LogP contribution in [0.1, 0.15) is 36.3 Å². The van der Waals surface area contributed by atoms with E-state index in [0.717, 1.165) is 25.3 Å². The van der Waals surface area contributed by atoms with Gasteiger partial charge in [-0.1, -0.05) is 29.8 Å². The molecule has 1 aliphatic rings. The van der Waals surface area contributed by atoms with Gasteiger partial charge in [0.25, 0.3) is 5.91 Å². The molecule has 1 aliphatic heterocycles. The van der Waals surface area contributed by atoms with E-state index >= 15 is 0 Å². The number of piperidine rings is 1. The van der Waals surface area contributed by atoms with Gasteiger partial charge < -0.3 is 0 Å². The van der Waals surface area contributed by atoms with Crippen LogP contribution in [-0.4, -0.2) is 28.9 Å². The fraction of sp³-hybridized carbons (Fsp3) is 0.444. The fourth-order valence-corrected chi connectivity index (χ4v) is 4.45. The van der Waals surface area contributed by atoms with Crippen LogP contribution < -0.4 is 5.32 Å². The first-order valence-electron chi connectivity index (χ1n) is 8.34. The minimum Gasteiger partial charge on any atom is -0.298 e. The third kappa shape index (κ3) is 4.86. The maximum absolute atomic E-state index is 13.9. The number of aromatic nitrogens is 1. The molecule has 1 N–H and O–H groups in total. The smallest absolute Gasteiger partial charge is 0.260 e. The quantitative estimate of drug-likeness (QED) is 0.766. The van der Waals surface area contributed by atoms with Gasteiger partial charge in [0.1, 0.15) is 5.82 Å². The molecule has 1 saturated heterocycles. The monoisotopic (exact) mass is 425 g/mol. The first kappa shape index (κ1) is 18.5. The molecule has 134 valence electrons. The van der Waals surface area contributed by atoms with Gasteiger partial charge in [-0.15, -0.1) is 11.3 Å². The average Bonchev–Trinajstić information content (AvgIpc) is 2.92. The van der Waals surface area contributed by atoms with Crippen molar-refractivity contribution in [2.24, 2.45) is 11.8 Å². The number of benzene rings is 1. The first-order chi connectivity index (χ1) is 11.9. The molecule has 0 aliphatic carbocycles. The van der Waals surface area contributed by atoms with Crippen LogP contribution in [0.4, 0.5) is 9.52 Å². The molecule has 4 nitrogen and oxygen atoms in total. The van der Waals surface area contributed by atoms with Crippen molar-refractivity contribution in [3.05, 3.63) is 45.1 Å². The second-order valence-corrected chi connectivity index (χ2v) is 8.64. The van der Waals surface area contributed by atoms with Crippen molar-refractivity contribution in [3.63, 3.8) is 0 Å². The van der Waals surface area contributed by atoms with Crippen LogP contribution in [0.3, 0.4) is 0 Å². The zero-order valence-electron chi connectivity index (χ0n) is 14.3. The Labute approximate surface area is 159 Å². The van der Waals surface area contributed by atoms with Crippen LogP contribution >= 0.6 is 27.3 Å². The molecule has 0 spiro atoms. The number of thiazole rings is 1. The van der Waals surface area contributed by atoms with Crippen LogP contribution in [0.5, 0.6) is 0 Å². The summed E-state index contributed by atoms with van der Waals surface area (Å²) in [4.78, 5) is 19.1. The Morgan fingerprint density at radius 1 is 1.40 bits per heavy atom. The largest absolute Gasteiger partial charge is 0.298 e. The normalized spacial score (nSPS) is 21.3. The molecule has 2 aromatic rings. The van der Waals surface area contributed by atoms with Gasteiger partial charge in [0.05, 0.1) is 11.3 Å². The van der Waals surface area contributed by atoms with E-state index in [-0.39, 0.29) is 5.56 Å². The summed E-state index contributed by atoms with van der Waals surface area (Å²) in [6.07, 6.45) is 1.27. The lowest BCUT2D eigenvalue weighted by atomic mass is 9.92. The van der Waals surface area contributed by atoms with Crippen LogP contribution in [0.2, 0.25) is 0 Å². The van der Waals surface area contributed by atoms with E-state index in [1.54, 1.807) is 6.07 Å². The summed E-state index contributed by atoms with van der Waals surface area (Å²) in [5.74, 6) is 0.356. The van der Waals surface area contributed by atoms with E-state index in [1.807, 2.05) is 5.38 Å². The third-order valence-corrected chi connectivity index (χ3v) is 5.58. The zero-order valence-corrected chi connectivity index (χ0v) is 16.7. The third-order valence-electron chi connectivity index (χ3n) is 4.28. The Morgan fingerprint density at radius 2 is 2.12 bits per heavy atom. The highest BCUT2D eigenvalue weighted by Crippen LogP contribution is 2.24. The molecule has 1 aromatic heterocycles. The molecule has 0 unspecified atom stereocenters. The molecular formula is C18H21BrFN3OS. The van der Waals surface area contributed by atoms with Crippen LogP contribution in [-0.2, 0) is 6.54 Å². The van der Waals surface area contributed by atoms with Crippen LogP contribution in [0.15, 0.2) is 28.1 Å². The van der Waals surface area contributed by atoms with E-state index in [1.165, 1.54) is 29.9 Å². The summed E-state index contributed by atoms with van der Waals surface area (Å²) >= 11 is 4.55. The molecule has 1 aromatic carbocycles. The number of rotatable bonds is 4. The van der Waals surface area contributed by atoms with Gasteiger partial charge in [0.15, 0.2) is 5.13 Å². The fourth-order valence-electron chi connectivity index (χ4n) is 3.43. The number of halogens is 2. The molecule has 1 amide bonds. The number of nitrogens with zero attached hydrogens (tertiary/aromatic N) is 2. The number of likely N-dealkylation sites (tertiary alicyclic amines) is 1. The summed E-state index contributed by atoms with van der Waals surface area (Å²) in [6.45, 7) is 7.50. The predicted molar refractivity (Wildman–Crippen MR) is 102 cm³/mol. The second kappa shape index (κ2) is 7.93. The molecule has 7 heteroatoms. The Balaban J connectivity index is 1.62. The summed E-state index contributed by atoms with van der Waals surface area (Å²) in [6, 6.07) is 4.38. The number of hydrogen-bond donors (Lipinski definition) is 1. The molecule has 2 heterocycles. The summed E-state index contributed by atoms with van der Waals surface area (Å²) in [5.41, 5.74) is 0.955. The molecule has 1 fully saturated rings. The Kier molecular flexibility index (Phi) is 5.86. The van der Waals surface area contributed by atoms with E-state index in [2.05, 4.69) is 45.0 Å². The molecule has 0 bridgehead atoms. The number of carbonyl (C=O) groups is 1. The van der Waals surface area contributed by atoms with Gasteiger partial charge >= 0.3 is 0 Å². The number of nitrogens with one attached hydrogen (secondary N) is 1. The Bertz CT molecular complexity index is 757. The Morgan fingerprint density at radius 3 is 2.80 bits per heavy atom. The maximum atomic E-state index is 13.9. The second-order valence-electron chi connectivity index (χ2n) is 6.86. The summed E-state index contributed by atoms with van der Waals surface area (Å²) in [5, 5.41) is 5.14. The number of carbonyl (C=O) groups excluding carboxylic acids is 1. The molecule has 0 radical (unpaired) electrons. The van der Waals surface area contributed by atoms with Gasteiger partial charge in [0.2, 0.25) is 0 Å². The van der Waals surface area contributed by atoms with Crippen molar-refractivity contribution in [2.45, 2.75) is 26.8 Å². The highest BCUT2D eigenvalue weighted by atomic mass is 79.9. The number of hydrogen-bond acceptors (Lipinski definition) is 4. The highest BCUT2D eigenvalue weighted by molar-refractivity contribution is 9.10. The first-order valence-corrected chi connectivity index (χ1v) is 10.0. The predicted octanol–water partition coefficient (Wildman–Crippen LogP) is 4.77. The number of amides is 1. The van der Waals surface area contributed by atoms with Crippen molar-refractivity contribution >= 4 is 38.3 Å². The highest BCUT2D eigenvalue weighted by Gasteiger charge is 2.22. The van der Waals surface area contributed by atoms with Gasteiger partial charge in [-0.2, -0.15) is 0 Å². The van der Waals surface area contributed by atoms with Gasteiger partial charge in [-0.05, 0) is 36.5 Å². The van der Waals surface area contributed by atoms with E-state index < -0.39 is 11.7 Å². The summed E-state index contributed by atoms with van der Waals surface area (Å²) < 4.78 is 14.5. The van der Waals surface area contributed by atoms with Crippen molar-refractivity contribution < 1.29 is 9.18 Å². The molecule has 2 atom stereocenters. The number of anilines is 1. The molecule has 3 rings (SSSR count). The minimum absolute atomic E-state index is 0.0126. The Hall–Kier alpha value is -1.31. The van der Waals surface area contributed by atoms with E-state index in [9.17, 15) is 9.18 Å². The lowest BCUT2D eigenvalue weighted by Crippen LogP contribution is -2.38. The molecular weight excluding hydrogens is 405 g/mol. The maximum Gasteiger partial charge on any atom is 0.260 e. The van der Waals surface area contributed by atoms with Crippen LogP contribution in [0.25, 0.3) is 0 Å². The van der Waals surface area contributed by atoms with Gasteiger partial charge in [0, 0.05) is 29.5 Å². The zero-order chi connectivity index (χ0) is 18.0. The van der Waals surface area contributed by atoms with Crippen molar-refractivity contribution in [2.75, 3.05) is 18.4 Å². The van der Waals surface area contributed by atoms with Crippen molar-refractivity contribution in [1.82, 2.24) is 9.88 Å².